The third kappa shape index (κ3) is 4.07. The standard InChI is InChI=1S/C12H20N2O2S/c1-5-7-10(12(15)16-6-2)17-11-8-9(3)13-14(11)4/h8,10H,5-7H2,1-4H3. The number of carbonyl (C=O) groups excluding carboxylic acids is 1. The van der Waals surface area contributed by atoms with E-state index in [-0.39, 0.29) is 11.2 Å². The van der Waals surface area contributed by atoms with Gasteiger partial charge in [-0.05, 0) is 26.3 Å². The lowest BCUT2D eigenvalue weighted by molar-refractivity contribution is -0.142. The van der Waals surface area contributed by atoms with Gasteiger partial charge in [0.1, 0.15) is 5.25 Å². The van der Waals surface area contributed by atoms with Crippen LogP contribution in [0.25, 0.3) is 0 Å². The monoisotopic (exact) mass is 256 g/mol. The van der Waals surface area contributed by atoms with Gasteiger partial charge in [-0.2, -0.15) is 5.10 Å². The van der Waals surface area contributed by atoms with E-state index in [1.807, 2.05) is 31.6 Å². The lowest BCUT2D eigenvalue weighted by atomic mass is 10.2. The Kier molecular flexibility index (Phi) is 5.55. The molecule has 0 spiro atoms. The second kappa shape index (κ2) is 6.69. The molecule has 1 atom stereocenters. The van der Waals surface area contributed by atoms with Crippen LogP contribution in [0, 0.1) is 6.92 Å². The molecule has 0 amide bonds. The Hall–Kier alpha value is -0.970. The van der Waals surface area contributed by atoms with Crippen molar-refractivity contribution in [3.8, 4) is 0 Å². The molecule has 0 aliphatic heterocycles. The zero-order chi connectivity index (χ0) is 12.8. The average molecular weight is 256 g/mol. The van der Waals surface area contributed by atoms with Gasteiger partial charge in [0.05, 0.1) is 17.3 Å². The summed E-state index contributed by atoms with van der Waals surface area (Å²) in [6, 6.07) is 1.99. The SMILES string of the molecule is CCCC(Sc1cc(C)nn1C)C(=O)OCC. The molecular weight excluding hydrogens is 236 g/mol. The number of esters is 1. The highest BCUT2D eigenvalue weighted by Gasteiger charge is 2.21. The van der Waals surface area contributed by atoms with Gasteiger partial charge >= 0.3 is 5.97 Å². The molecule has 1 aromatic heterocycles. The fourth-order valence-corrected chi connectivity index (χ4v) is 2.81. The van der Waals surface area contributed by atoms with E-state index < -0.39 is 0 Å². The lowest BCUT2D eigenvalue weighted by Gasteiger charge is -2.13. The van der Waals surface area contributed by atoms with Crippen LogP contribution >= 0.6 is 11.8 Å². The van der Waals surface area contributed by atoms with Crippen LogP contribution in [0.15, 0.2) is 11.1 Å². The van der Waals surface area contributed by atoms with E-state index in [1.165, 1.54) is 11.8 Å². The number of aromatic nitrogens is 2. The van der Waals surface area contributed by atoms with E-state index in [2.05, 4.69) is 12.0 Å². The van der Waals surface area contributed by atoms with Gasteiger partial charge in [-0.1, -0.05) is 25.1 Å². The molecule has 96 valence electrons. The van der Waals surface area contributed by atoms with Gasteiger partial charge in [-0.15, -0.1) is 0 Å². The molecule has 1 rings (SSSR count). The Morgan fingerprint density at radius 2 is 2.29 bits per heavy atom. The molecule has 17 heavy (non-hydrogen) atoms. The maximum absolute atomic E-state index is 11.8. The van der Waals surface area contributed by atoms with Crippen molar-refractivity contribution in [1.82, 2.24) is 9.78 Å². The van der Waals surface area contributed by atoms with E-state index in [9.17, 15) is 4.79 Å². The zero-order valence-corrected chi connectivity index (χ0v) is 11.7. The average Bonchev–Trinajstić information content (AvgIpc) is 2.57. The van der Waals surface area contributed by atoms with Gasteiger partial charge in [-0.3, -0.25) is 9.48 Å². The van der Waals surface area contributed by atoms with Crippen molar-refractivity contribution in [2.45, 2.75) is 43.9 Å². The molecule has 0 aliphatic rings. The maximum atomic E-state index is 11.8. The number of rotatable bonds is 6. The maximum Gasteiger partial charge on any atom is 0.319 e. The summed E-state index contributed by atoms with van der Waals surface area (Å²) in [6.07, 6.45) is 1.79. The quantitative estimate of drug-likeness (QED) is 0.579. The van der Waals surface area contributed by atoms with E-state index >= 15 is 0 Å². The Bertz CT molecular complexity index is 377. The van der Waals surface area contributed by atoms with Crippen LogP contribution in [0.3, 0.4) is 0 Å². The highest BCUT2D eigenvalue weighted by Crippen LogP contribution is 2.27. The topological polar surface area (TPSA) is 44.1 Å². The predicted molar refractivity (Wildman–Crippen MR) is 69.1 cm³/mol. The van der Waals surface area contributed by atoms with Crippen molar-refractivity contribution >= 4 is 17.7 Å². The van der Waals surface area contributed by atoms with Gasteiger partial charge in [0, 0.05) is 7.05 Å². The van der Waals surface area contributed by atoms with Crippen molar-refractivity contribution in [2.24, 2.45) is 7.05 Å². The molecule has 1 heterocycles. The first-order chi connectivity index (χ1) is 8.08. The first kappa shape index (κ1) is 14.1. The van der Waals surface area contributed by atoms with Crippen molar-refractivity contribution in [3.05, 3.63) is 11.8 Å². The number of aryl methyl sites for hydroxylation is 2. The molecule has 5 heteroatoms. The second-order valence-electron chi connectivity index (χ2n) is 3.89. The summed E-state index contributed by atoms with van der Waals surface area (Å²) in [5.41, 5.74) is 0.967. The third-order valence-electron chi connectivity index (χ3n) is 2.32. The van der Waals surface area contributed by atoms with Crippen LogP contribution in [0.1, 0.15) is 32.4 Å². The van der Waals surface area contributed by atoms with Crippen LogP contribution in [0.4, 0.5) is 0 Å². The van der Waals surface area contributed by atoms with Crippen LogP contribution in [0.5, 0.6) is 0 Å². The summed E-state index contributed by atoms with van der Waals surface area (Å²) < 4.78 is 6.89. The number of ether oxygens (including phenoxy) is 1. The van der Waals surface area contributed by atoms with Crippen LogP contribution in [-0.4, -0.2) is 27.6 Å². The molecule has 0 fully saturated rings. The van der Waals surface area contributed by atoms with Crippen LogP contribution in [-0.2, 0) is 16.6 Å². The van der Waals surface area contributed by atoms with Crippen molar-refractivity contribution in [2.75, 3.05) is 6.61 Å². The Morgan fingerprint density at radius 1 is 1.59 bits per heavy atom. The molecule has 0 bridgehead atoms. The van der Waals surface area contributed by atoms with E-state index in [0.29, 0.717) is 6.61 Å². The molecule has 0 aliphatic carbocycles. The lowest BCUT2D eigenvalue weighted by Crippen LogP contribution is -2.20. The van der Waals surface area contributed by atoms with Gasteiger partial charge in [0.25, 0.3) is 0 Å². The molecular formula is C12H20N2O2S. The Balaban J connectivity index is 2.72. The predicted octanol–water partition coefficient (Wildman–Crippen LogP) is 2.55. The van der Waals surface area contributed by atoms with Gasteiger partial charge in [-0.25, -0.2) is 0 Å². The van der Waals surface area contributed by atoms with Crippen LogP contribution in [0.2, 0.25) is 0 Å². The minimum atomic E-state index is -0.130. The van der Waals surface area contributed by atoms with E-state index in [4.69, 9.17) is 4.74 Å². The summed E-state index contributed by atoms with van der Waals surface area (Å²) in [7, 11) is 1.89. The molecule has 0 saturated carbocycles. The molecule has 0 N–H and O–H groups in total. The summed E-state index contributed by atoms with van der Waals surface area (Å²) in [5.74, 6) is -0.127. The smallest absolute Gasteiger partial charge is 0.319 e. The van der Waals surface area contributed by atoms with E-state index in [0.717, 1.165) is 23.6 Å². The van der Waals surface area contributed by atoms with Gasteiger partial charge in [0.15, 0.2) is 0 Å². The van der Waals surface area contributed by atoms with Crippen LogP contribution < -0.4 is 0 Å². The minimum absolute atomic E-state index is 0.127. The minimum Gasteiger partial charge on any atom is -0.465 e. The molecule has 0 saturated heterocycles. The van der Waals surface area contributed by atoms with E-state index in [1.54, 1.807) is 0 Å². The van der Waals surface area contributed by atoms with Gasteiger partial charge in [0.2, 0.25) is 0 Å². The summed E-state index contributed by atoms with van der Waals surface area (Å²) in [4.78, 5) is 11.8. The Morgan fingerprint density at radius 3 is 2.76 bits per heavy atom. The fraction of sp³-hybridized carbons (Fsp3) is 0.667. The fourth-order valence-electron chi connectivity index (χ4n) is 1.57. The zero-order valence-electron chi connectivity index (χ0n) is 10.9. The largest absolute Gasteiger partial charge is 0.465 e. The molecule has 4 nitrogen and oxygen atoms in total. The summed E-state index contributed by atoms with van der Waals surface area (Å²) in [5, 5.41) is 5.15. The summed E-state index contributed by atoms with van der Waals surface area (Å²) in [6.45, 7) is 6.29. The Labute approximate surface area is 107 Å². The second-order valence-corrected chi connectivity index (χ2v) is 5.12. The first-order valence-electron chi connectivity index (χ1n) is 5.92. The number of hydrogen-bond donors (Lipinski definition) is 0. The third-order valence-corrected chi connectivity index (χ3v) is 3.66. The highest BCUT2D eigenvalue weighted by atomic mass is 32.2. The van der Waals surface area contributed by atoms with Crippen molar-refractivity contribution in [1.29, 1.82) is 0 Å². The molecule has 1 unspecified atom stereocenters. The number of hydrogen-bond acceptors (Lipinski definition) is 4. The highest BCUT2D eigenvalue weighted by molar-refractivity contribution is 8.00. The molecule has 0 aromatic carbocycles. The van der Waals surface area contributed by atoms with Crippen molar-refractivity contribution in [3.63, 3.8) is 0 Å². The normalized spacial score (nSPS) is 12.5. The molecule has 0 radical (unpaired) electrons. The number of nitrogens with zero attached hydrogens (tertiary/aromatic N) is 2. The number of carbonyl (C=O) groups is 1. The number of thioether (sulfide) groups is 1. The molecule has 1 aromatic rings. The van der Waals surface area contributed by atoms with Crippen molar-refractivity contribution < 1.29 is 9.53 Å². The summed E-state index contributed by atoms with van der Waals surface area (Å²) >= 11 is 1.53. The van der Waals surface area contributed by atoms with Gasteiger partial charge < -0.3 is 4.74 Å². The first-order valence-corrected chi connectivity index (χ1v) is 6.80.